The molecule has 0 bridgehead atoms. The van der Waals surface area contributed by atoms with Crippen molar-refractivity contribution < 1.29 is 0 Å². The lowest BCUT2D eigenvalue weighted by atomic mass is 9.77. The molecule has 0 saturated heterocycles. The van der Waals surface area contributed by atoms with Crippen molar-refractivity contribution in [1.82, 2.24) is 14.5 Å². The minimum atomic E-state index is -2.91. The SMILES string of the molecule is CC1(C)c2ccccc2Sc2c1ccc1c3cccnc3n(-c3cccc([Si](c4ccccc4)(c4ccccc4)c4cccc(-c5ccccn5)c4)c3)c21. The van der Waals surface area contributed by atoms with Gasteiger partial charge in [-0.3, -0.25) is 9.55 Å². The van der Waals surface area contributed by atoms with Crippen LogP contribution in [-0.2, 0) is 5.41 Å². The van der Waals surface area contributed by atoms with Crippen LogP contribution in [0.4, 0.5) is 0 Å². The van der Waals surface area contributed by atoms with Crippen molar-refractivity contribution in [3.63, 3.8) is 0 Å². The molecule has 3 aromatic heterocycles. The second kappa shape index (κ2) is 12.8. The number of aromatic nitrogens is 3. The molecule has 0 unspecified atom stereocenters. The third-order valence-corrected chi connectivity index (χ3v) is 17.2. The van der Waals surface area contributed by atoms with E-state index < -0.39 is 8.07 Å². The van der Waals surface area contributed by atoms with Gasteiger partial charge in [-0.2, -0.15) is 0 Å². The van der Waals surface area contributed by atoms with Crippen LogP contribution in [-0.4, -0.2) is 22.6 Å². The molecule has 0 radical (unpaired) electrons. The Morgan fingerprint density at radius 2 is 1.19 bits per heavy atom. The van der Waals surface area contributed by atoms with Crippen molar-refractivity contribution in [1.29, 1.82) is 0 Å². The van der Waals surface area contributed by atoms with Crippen LogP contribution in [0.3, 0.4) is 0 Å². The van der Waals surface area contributed by atoms with Crippen LogP contribution in [0.1, 0.15) is 25.0 Å². The predicted octanol–water partition coefficient (Wildman–Crippen LogP) is 9.41. The monoisotopic (exact) mass is 727 g/mol. The Morgan fingerprint density at radius 3 is 1.94 bits per heavy atom. The maximum absolute atomic E-state index is 5.09. The van der Waals surface area contributed by atoms with Crippen molar-refractivity contribution in [3.8, 4) is 16.9 Å². The lowest BCUT2D eigenvalue weighted by Gasteiger charge is -2.35. The van der Waals surface area contributed by atoms with E-state index in [2.05, 4.69) is 188 Å². The van der Waals surface area contributed by atoms with Gasteiger partial charge in [0.1, 0.15) is 5.65 Å². The minimum absolute atomic E-state index is 0.150. The third-order valence-electron chi connectivity index (χ3n) is 11.3. The number of hydrogen-bond acceptors (Lipinski definition) is 3. The summed E-state index contributed by atoms with van der Waals surface area (Å²) in [6.07, 6.45) is 3.80. The summed E-state index contributed by atoms with van der Waals surface area (Å²) in [6, 6.07) is 64.7. The Hall–Kier alpha value is -6.01. The minimum Gasteiger partial charge on any atom is -0.293 e. The normalized spacial score (nSPS) is 13.4. The molecule has 9 aromatic rings. The van der Waals surface area contributed by atoms with Crippen LogP contribution in [0.15, 0.2) is 198 Å². The number of rotatable bonds is 6. The van der Waals surface area contributed by atoms with E-state index in [1.807, 2.05) is 30.2 Å². The van der Waals surface area contributed by atoms with E-state index in [-0.39, 0.29) is 5.41 Å². The lowest BCUT2D eigenvalue weighted by molar-refractivity contribution is 0.609. The first-order chi connectivity index (χ1) is 26.5. The third kappa shape index (κ3) is 4.96. The quantitative estimate of drug-likeness (QED) is 0.126. The van der Waals surface area contributed by atoms with Crippen LogP contribution in [0.5, 0.6) is 0 Å². The van der Waals surface area contributed by atoms with Crippen molar-refractivity contribution in [2.75, 3.05) is 0 Å². The standard InChI is InChI=1S/C49H37N3SSi/c1-49(2)42-25-9-10-27-45(42)53-47-43(49)29-28-40-41-24-15-31-51-48(41)52(46(40)47)35-17-14-23-39(33-35)54(36-18-5-3-6-19-36,37-20-7-4-8-21-37)38-22-13-16-34(32-38)44-26-11-12-30-50-44/h3-33H,1-2H3. The molecule has 5 heteroatoms. The smallest absolute Gasteiger partial charge is 0.179 e. The fraction of sp³-hybridized carbons (Fsp3) is 0.0612. The molecular weight excluding hydrogens is 691 g/mol. The predicted molar refractivity (Wildman–Crippen MR) is 228 cm³/mol. The molecule has 1 aliphatic heterocycles. The molecule has 6 aromatic carbocycles. The van der Waals surface area contributed by atoms with Crippen LogP contribution in [0.2, 0.25) is 0 Å². The molecule has 10 rings (SSSR count). The van der Waals surface area contributed by atoms with Crippen LogP contribution >= 0.6 is 11.8 Å². The fourth-order valence-corrected chi connectivity index (χ4v) is 15.1. The second-order valence-electron chi connectivity index (χ2n) is 14.6. The van der Waals surface area contributed by atoms with Gasteiger partial charge in [0, 0.05) is 49.6 Å². The molecule has 258 valence electrons. The second-order valence-corrected chi connectivity index (χ2v) is 19.5. The highest BCUT2D eigenvalue weighted by Crippen LogP contribution is 2.52. The number of pyridine rings is 2. The number of fused-ring (bicyclic) bond motifs is 6. The molecule has 0 N–H and O–H groups in total. The van der Waals surface area contributed by atoms with Gasteiger partial charge in [-0.25, -0.2) is 4.98 Å². The first-order valence-electron chi connectivity index (χ1n) is 18.5. The summed E-state index contributed by atoms with van der Waals surface area (Å²) in [5, 5.41) is 7.67. The number of benzene rings is 6. The largest absolute Gasteiger partial charge is 0.293 e. The first kappa shape index (κ1) is 32.6. The molecule has 1 aliphatic rings. The van der Waals surface area contributed by atoms with Gasteiger partial charge in [0.15, 0.2) is 8.07 Å². The molecule has 0 atom stereocenters. The Balaban J connectivity index is 1.28. The average Bonchev–Trinajstić information content (AvgIpc) is 3.58. The van der Waals surface area contributed by atoms with Crippen molar-refractivity contribution >= 4 is 62.5 Å². The molecule has 0 aliphatic carbocycles. The van der Waals surface area contributed by atoms with Gasteiger partial charge in [0.25, 0.3) is 0 Å². The zero-order valence-electron chi connectivity index (χ0n) is 30.1. The Kier molecular flexibility index (Phi) is 7.75. The Bertz CT molecular complexity index is 2790. The number of nitrogens with zero attached hydrogens (tertiary/aromatic N) is 3. The van der Waals surface area contributed by atoms with E-state index in [4.69, 9.17) is 9.97 Å². The topological polar surface area (TPSA) is 30.7 Å². The summed E-state index contributed by atoms with van der Waals surface area (Å²) in [5.74, 6) is 0. The zero-order valence-corrected chi connectivity index (χ0v) is 32.0. The van der Waals surface area contributed by atoms with Gasteiger partial charge in [-0.15, -0.1) is 0 Å². The van der Waals surface area contributed by atoms with E-state index in [9.17, 15) is 0 Å². The van der Waals surface area contributed by atoms with E-state index in [0.717, 1.165) is 28.0 Å². The van der Waals surface area contributed by atoms with E-state index in [1.165, 1.54) is 52.6 Å². The molecule has 0 fully saturated rings. The average molecular weight is 728 g/mol. The van der Waals surface area contributed by atoms with Crippen LogP contribution in [0.25, 0.3) is 38.9 Å². The van der Waals surface area contributed by atoms with E-state index >= 15 is 0 Å². The molecule has 0 amide bonds. The summed E-state index contributed by atoms with van der Waals surface area (Å²) in [6.45, 7) is 4.72. The molecule has 4 heterocycles. The highest BCUT2D eigenvalue weighted by Gasteiger charge is 2.42. The van der Waals surface area contributed by atoms with Gasteiger partial charge in [0.2, 0.25) is 0 Å². The number of hydrogen-bond donors (Lipinski definition) is 0. The summed E-state index contributed by atoms with van der Waals surface area (Å²) in [4.78, 5) is 12.5. The van der Waals surface area contributed by atoms with Crippen molar-refractivity contribution in [2.45, 2.75) is 29.1 Å². The molecule has 0 spiro atoms. The fourth-order valence-electron chi connectivity index (χ4n) is 8.78. The first-order valence-corrected chi connectivity index (χ1v) is 21.3. The summed E-state index contributed by atoms with van der Waals surface area (Å²) < 4.78 is 2.43. The van der Waals surface area contributed by atoms with Gasteiger partial charge in [-0.1, -0.05) is 159 Å². The molecule has 3 nitrogen and oxygen atoms in total. The molecule has 54 heavy (non-hydrogen) atoms. The maximum Gasteiger partial charge on any atom is 0.179 e. The Labute approximate surface area is 321 Å². The van der Waals surface area contributed by atoms with E-state index in [1.54, 1.807) is 0 Å². The van der Waals surface area contributed by atoms with Crippen molar-refractivity contribution in [2.24, 2.45) is 0 Å². The van der Waals surface area contributed by atoms with Crippen LogP contribution in [0, 0.1) is 0 Å². The maximum atomic E-state index is 5.09. The molecular formula is C49H37N3SSi. The summed E-state index contributed by atoms with van der Waals surface area (Å²) in [5.41, 5.74) is 7.96. The lowest BCUT2D eigenvalue weighted by Crippen LogP contribution is -2.74. The van der Waals surface area contributed by atoms with Crippen LogP contribution < -0.4 is 20.7 Å². The highest BCUT2D eigenvalue weighted by molar-refractivity contribution is 7.99. The highest BCUT2D eigenvalue weighted by atomic mass is 32.2. The summed E-state index contributed by atoms with van der Waals surface area (Å²) >= 11 is 1.89. The van der Waals surface area contributed by atoms with Gasteiger partial charge in [-0.05, 0) is 74.3 Å². The molecule has 0 saturated carbocycles. The summed E-state index contributed by atoms with van der Waals surface area (Å²) in [7, 11) is -2.91. The zero-order chi connectivity index (χ0) is 36.3. The van der Waals surface area contributed by atoms with Crippen molar-refractivity contribution in [3.05, 3.63) is 199 Å². The van der Waals surface area contributed by atoms with E-state index in [0.29, 0.717) is 0 Å². The Morgan fingerprint density at radius 1 is 0.519 bits per heavy atom. The van der Waals surface area contributed by atoms with Gasteiger partial charge in [0.05, 0.1) is 11.2 Å². The van der Waals surface area contributed by atoms with Gasteiger partial charge < -0.3 is 0 Å². The van der Waals surface area contributed by atoms with Gasteiger partial charge >= 0.3 is 0 Å².